The van der Waals surface area contributed by atoms with E-state index in [0.29, 0.717) is 9.50 Å². The van der Waals surface area contributed by atoms with E-state index < -0.39 is 16.1 Å². The van der Waals surface area contributed by atoms with Crippen LogP contribution in [0, 0.1) is 0 Å². The Hall–Kier alpha value is -0.830. The zero-order chi connectivity index (χ0) is 13.8. The molecule has 0 saturated carbocycles. The second-order valence-electron chi connectivity index (χ2n) is 3.14. The van der Waals surface area contributed by atoms with Crippen LogP contribution in [-0.2, 0) is 14.8 Å². The number of hydrogen-bond acceptors (Lipinski definition) is 4. The summed E-state index contributed by atoms with van der Waals surface area (Å²) in [7, 11) is -3.67. The molecule has 1 aromatic rings. The zero-order valence-corrected chi connectivity index (χ0v) is 12.2. The van der Waals surface area contributed by atoms with Crippen LogP contribution in [0.25, 0.3) is 0 Å². The monoisotopic (exact) mass is 356 g/mol. The SMILES string of the molecule is NC(=O)OCCNS(=O)(=O)c1ccc(Cl)c(Br)c1. The first-order valence-electron chi connectivity index (χ1n) is 4.70. The van der Waals surface area contributed by atoms with Crippen LogP contribution < -0.4 is 10.5 Å². The molecule has 0 saturated heterocycles. The van der Waals surface area contributed by atoms with Crippen LogP contribution in [0.5, 0.6) is 0 Å². The molecule has 0 bridgehead atoms. The molecule has 0 aliphatic carbocycles. The number of primary amides is 1. The van der Waals surface area contributed by atoms with Crippen LogP contribution in [-0.4, -0.2) is 27.7 Å². The van der Waals surface area contributed by atoms with E-state index in [2.05, 4.69) is 25.4 Å². The third-order valence-corrected chi connectivity index (χ3v) is 4.51. The van der Waals surface area contributed by atoms with E-state index in [9.17, 15) is 13.2 Å². The molecular weight excluding hydrogens is 348 g/mol. The van der Waals surface area contributed by atoms with Gasteiger partial charge < -0.3 is 10.5 Å². The minimum Gasteiger partial charge on any atom is -0.448 e. The molecule has 3 N–H and O–H groups in total. The molecule has 1 amide bonds. The molecule has 0 radical (unpaired) electrons. The minimum atomic E-state index is -3.67. The fraction of sp³-hybridized carbons (Fsp3) is 0.222. The second-order valence-corrected chi connectivity index (χ2v) is 6.17. The third kappa shape index (κ3) is 4.45. The maximum atomic E-state index is 11.8. The third-order valence-electron chi connectivity index (χ3n) is 1.84. The van der Waals surface area contributed by atoms with Crippen molar-refractivity contribution in [3.8, 4) is 0 Å². The van der Waals surface area contributed by atoms with Crippen molar-refractivity contribution in [3.05, 3.63) is 27.7 Å². The Morgan fingerprint density at radius 1 is 1.50 bits per heavy atom. The van der Waals surface area contributed by atoms with Crippen LogP contribution in [0.2, 0.25) is 5.02 Å². The molecule has 1 aromatic carbocycles. The second kappa shape index (κ2) is 6.37. The summed E-state index contributed by atoms with van der Waals surface area (Å²) in [5, 5.41) is 0.408. The number of carbonyl (C=O) groups is 1. The lowest BCUT2D eigenvalue weighted by Gasteiger charge is -2.07. The van der Waals surface area contributed by atoms with Gasteiger partial charge in [-0.15, -0.1) is 0 Å². The van der Waals surface area contributed by atoms with E-state index in [-0.39, 0.29) is 18.0 Å². The predicted molar refractivity (Wildman–Crippen MR) is 69.9 cm³/mol. The van der Waals surface area contributed by atoms with Gasteiger partial charge in [0.1, 0.15) is 6.61 Å². The summed E-state index contributed by atoms with van der Waals surface area (Å²) >= 11 is 8.89. The predicted octanol–water partition coefficient (Wildman–Crippen LogP) is 1.48. The lowest BCUT2D eigenvalue weighted by molar-refractivity contribution is 0.159. The maximum Gasteiger partial charge on any atom is 0.404 e. The minimum absolute atomic E-state index is 0.0536. The van der Waals surface area contributed by atoms with Crippen molar-refractivity contribution in [2.75, 3.05) is 13.2 Å². The Labute approximate surface area is 118 Å². The van der Waals surface area contributed by atoms with E-state index in [1.54, 1.807) is 0 Å². The highest BCUT2D eigenvalue weighted by Gasteiger charge is 2.14. The number of rotatable bonds is 5. The first kappa shape index (κ1) is 15.2. The molecule has 0 unspecified atom stereocenters. The molecule has 6 nitrogen and oxygen atoms in total. The number of hydrogen-bond donors (Lipinski definition) is 2. The number of benzene rings is 1. The van der Waals surface area contributed by atoms with Crippen LogP contribution in [0.3, 0.4) is 0 Å². The van der Waals surface area contributed by atoms with Gasteiger partial charge in [-0.2, -0.15) is 0 Å². The smallest absolute Gasteiger partial charge is 0.404 e. The van der Waals surface area contributed by atoms with Crippen molar-refractivity contribution in [3.63, 3.8) is 0 Å². The van der Waals surface area contributed by atoms with Crippen molar-refractivity contribution < 1.29 is 17.9 Å². The van der Waals surface area contributed by atoms with Gasteiger partial charge >= 0.3 is 6.09 Å². The highest BCUT2D eigenvalue weighted by atomic mass is 79.9. The Bertz CT molecular complexity index is 549. The van der Waals surface area contributed by atoms with Crippen molar-refractivity contribution in [2.24, 2.45) is 5.73 Å². The summed E-state index contributed by atoms with van der Waals surface area (Å²) < 4.78 is 30.7. The van der Waals surface area contributed by atoms with Gasteiger partial charge in [-0.1, -0.05) is 11.6 Å². The summed E-state index contributed by atoms with van der Waals surface area (Å²) in [4.78, 5) is 10.3. The number of sulfonamides is 1. The molecule has 0 fully saturated rings. The van der Waals surface area contributed by atoms with Crippen LogP contribution >= 0.6 is 27.5 Å². The average molecular weight is 358 g/mol. The lowest BCUT2D eigenvalue weighted by Crippen LogP contribution is -2.29. The molecule has 9 heteroatoms. The maximum absolute atomic E-state index is 11.8. The summed E-state index contributed by atoms with van der Waals surface area (Å²) in [5.74, 6) is 0. The number of halogens is 2. The van der Waals surface area contributed by atoms with E-state index in [1.807, 2.05) is 0 Å². The van der Waals surface area contributed by atoms with E-state index >= 15 is 0 Å². The first-order chi connectivity index (χ1) is 8.33. The highest BCUT2D eigenvalue weighted by molar-refractivity contribution is 9.10. The van der Waals surface area contributed by atoms with Crippen molar-refractivity contribution in [1.82, 2.24) is 4.72 Å². The molecule has 0 spiro atoms. The fourth-order valence-corrected chi connectivity index (χ4v) is 2.74. The Morgan fingerprint density at radius 3 is 2.72 bits per heavy atom. The molecule has 0 aliphatic heterocycles. The average Bonchev–Trinajstić information content (AvgIpc) is 2.28. The number of ether oxygens (including phenoxy) is 1. The number of nitrogens with two attached hydrogens (primary N) is 1. The molecular formula is C9H10BrClN2O4S. The molecule has 0 atom stereocenters. The molecule has 18 heavy (non-hydrogen) atoms. The Kier molecular flexibility index (Phi) is 5.39. The van der Waals surface area contributed by atoms with Crippen LogP contribution in [0.15, 0.2) is 27.6 Å². The normalized spacial score (nSPS) is 11.2. The molecule has 100 valence electrons. The Morgan fingerprint density at radius 2 is 2.17 bits per heavy atom. The van der Waals surface area contributed by atoms with Gasteiger partial charge in [-0.05, 0) is 34.1 Å². The Balaban J connectivity index is 2.68. The highest BCUT2D eigenvalue weighted by Crippen LogP contribution is 2.25. The van der Waals surface area contributed by atoms with Gasteiger partial charge in [0.25, 0.3) is 0 Å². The largest absolute Gasteiger partial charge is 0.448 e. The summed E-state index contributed by atoms with van der Waals surface area (Å²) in [6.45, 7) is -0.200. The van der Waals surface area contributed by atoms with Gasteiger partial charge in [0.05, 0.1) is 9.92 Å². The molecule has 1 rings (SSSR count). The number of carbonyl (C=O) groups excluding carboxylic acids is 1. The van der Waals surface area contributed by atoms with Gasteiger partial charge in [-0.25, -0.2) is 17.9 Å². The summed E-state index contributed by atoms with van der Waals surface area (Å²) in [5.41, 5.74) is 4.73. The van der Waals surface area contributed by atoms with Gasteiger partial charge in [0, 0.05) is 11.0 Å². The molecule has 0 aliphatic rings. The first-order valence-corrected chi connectivity index (χ1v) is 7.35. The summed E-state index contributed by atoms with van der Waals surface area (Å²) in [6.07, 6.45) is -0.955. The van der Waals surface area contributed by atoms with Gasteiger partial charge in [-0.3, -0.25) is 0 Å². The van der Waals surface area contributed by atoms with Crippen molar-refractivity contribution in [2.45, 2.75) is 4.90 Å². The topological polar surface area (TPSA) is 98.5 Å². The fourth-order valence-electron chi connectivity index (χ4n) is 1.06. The quantitative estimate of drug-likeness (QED) is 0.780. The van der Waals surface area contributed by atoms with E-state index in [0.717, 1.165) is 0 Å². The van der Waals surface area contributed by atoms with Gasteiger partial charge in [0.2, 0.25) is 10.0 Å². The van der Waals surface area contributed by atoms with Crippen molar-refractivity contribution >= 4 is 43.6 Å². The zero-order valence-electron chi connectivity index (χ0n) is 9.02. The van der Waals surface area contributed by atoms with Crippen LogP contribution in [0.4, 0.5) is 4.79 Å². The number of amides is 1. The van der Waals surface area contributed by atoms with Crippen molar-refractivity contribution in [1.29, 1.82) is 0 Å². The van der Waals surface area contributed by atoms with Crippen LogP contribution in [0.1, 0.15) is 0 Å². The van der Waals surface area contributed by atoms with Gasteiger partial charge in [0.15, 0.2) is 0 Å². The number of nitrogens with one attached hydrogen (secondary N) is 1. The lowest BCUT2D eigenvalue weighted by atomic mass is 10.4. The molecule has 0 heterocycles. The molecule has 0 aromatic heterocycles. The summed E-state index contributed by atoms with van der Waals surface area (Å²) in [6, 6.07) is 4.20. The van der Waals surface area contributed by atoms with E-state index in [4.69, 9.17) is 17.3 Å². The van der Waals surface area contributed by atoms with E-state index in [1.165, 1.54) is 18.2 Å². The standard InChI is InChI=1S/C9H10BrClN2O4S/c10-7-5-6(1-2-8(7)11)18(15,16)13-3-4-17-9(12)14/h1-2,5,13H,3-4H2,(H2,12,14).